The molecule has 7 aromatic rings. The van der Waals surface area contributed by atoms with E-state index in [4.69, 9.17) is 4.99 Å². The first-order valence-electron chi connectivity index (χ1n) is 26.1. The van der Waals surface area contributed by atoms with Crippen LogP contribution < -0.4 is 42.3 Å². The second-order valence-corrected chi connectivity index (χ2v) is 24.0. The molecule has 412 valence electrons. The fourth-order valence-corrected chi connectivity index (χ4v) is 11.5. The summed E-state index contributed by atoms with van der Waals surface area (Å²) in [6.45, 7) is 14.6. The van der Waals surface area contributed by atoms with E-state index in [1.54, 1.807) is 45.7 Å². The fraction of sp³-hybridized carbons (Fsp3) is 0.328. The molecule has 0 radical (unpaired) electrons. The number of fused-ring (bicyclic) bond motifs is 2. The van der Waals surface area contributed by atoms with Crippen molar-refractivity contribution in [2.75, 3.05) is 99.4 Å². The van der Waals surface area contributed by atoms with Gasteiger partial charge in [0, 0.05) is 137 Å². The molecule has 0 bridgehead atoms. The smallest absolute Gasteiger partial charge is 0.260 e. The maximum atomic E-state index is 15.1. The summed E-state index contributed by atoms with van der Waals surface area (Å²) in [6, 6.07) is 30.0. The summed E-state index contributed by atoms with van der Waals surface area (Å²) < 4.78 is 66.7. The van der Waals surface area contributed by atoms with Crippen LogP contribution in [-0.2, 0) is 32.8 Å². The second-order valence-electron chi connectivity index (χ2n) is 20.0. The number of nitrogens with zero attached hydrogens (tertiary/aromatic N) is 9. The molecular formula is C58H70FN11O6S2. The zero-order valence-electron chi connectivity index (χ0n) is 45.1. The molecule has 1 unspecified atom stereocenters. The van der Waals surface area contributed by atoms with Gasteiger partial charge in [0.1, 0.15) is 17.0 Å². The van der Waals surface area contributed by atoms with E-state index in [9.17, 15) is 26.4 Å². The summed E-state index contributed by atoms with van der Waals surface area (Å²) >= 11 is 0. The quantitative estimate of drug-likeness (QED) is 0.122. The lowest BCUT2D eigenvalue weighted by atomic mass is 10.1. The number of hydrogen-bond acceptors (Lipinski definition) is 15. The maximum Gasteiger partial charge on any atom is 0.260 e. The normalized spacial score (nSPS) is 17.1. The predicted octanol–water partition coefficient (Wildman–Crippen LogP) is 6.89. The first-order valence-corrected chi connectivity index (χ1v) is 29.9. The molecule has 10 rings (SSSR count). The topological polar surface area (TPSA) is 187 Å². The van der Waals surface area contributed by atoms with E-state index in [1.165, 1.54) is 29.6 Å². The average molecular weight is 1100 g/mol. The van der Waals surface area contributed by atoms with Crippen LogP contribution in [0.15, 0.2) is 146 Å². The van der Waals surface area contributed by atoms with Crippen molar-refractivity contribution in [3.63, 3.8) is 0 Å². The molecule has 3 aliphatic heterocycles. The summed E-state index contributed by atoms with van der Waals surface area (Å²) in [7, 11) is -2.82. The van der Waals surface area contributed by atoms with Gasteiger partial charge in [0.15, 0.2) is 25.3 Å². The van der Waals surface area contributed by atoms with E-state index >= 15 is 4.39 Å². The molecule has 0 aliphatic carbocycles. The second kappa shape index (κ2) is 22.8. The number of nitrogens with one attached hydrogen (secondary N) is 2. The zero-order valence-corrected chi connectivity index (χ0v) is 46.7. The lowest BCUT2D eigenvalue weighted by molar-refractivity contribution is 0.313. The molecule has 2 saturated heterocycles. The SMILES string of the molecule is CCn1c(=O)c(-c2ccc(S(C)(=O)=O)cc2F)cc2c1=NC(CC)(Nc1ccc(N3CCN(C)CC3)cc1)C=CC=2.CCn1c(=O)c(-c2ccccc2S(C)(=O)=O)cc2cnc(Nc3ccc(N4CCN(C)CC4)cc3)nc21.[HH].[HH]. The van der Waals surface area contributed by atoms with Crippen molar-refractivity contribution in [2.24, 2.45) is 4.99 Å². The van der Waals surface area contributed by atoms with Crippen LogP contribution in [0.1, 0.15) is 30.0 Å². The van der Waals surface area contributed by atoms with Crippen molar-refractivity contribution in [2.45, 2.75) is 55.7 Å². The van der Waals surface area contributed by atoms with Crippen LogP contribution in [0.3, 0.4) is 0 Å². The number of rotatable bonds is 13. The number of likely N-dealkylation sites (N-methyl/N-ethyl adjacent to an activating group) is 2. The number of sulfone groups is 2. The first kappa shape index (κ1) is 55.2. The van der Waals surface area contributed by atoms with E-state index in [0.29, 0.717) is 58.3 Å². The van der Waals surface area contributed by atoms with Crippen LogP contribution in [0.25, 0.3) is 39.4 Å². The van der Waals surface area contributed by atoms with Gasteiger partial charge in [-0.15, -0.1) is 0 Å². The molecule has 0 amide bonds. The van der Waals surface area contributed by atoms with Crippen LogP contribution in [0.4, 0.5) is 33.1 Å². The number of benzene rings is 4. The Morgan fingerprint density at radius 2 is 1.23 bits per heavy atom. The standard InChI is InChI=1S/C31H36FN5O3S.C27H30N6O3S.2H2/c1-5-31(33-23-9-11-24(12-10-23)36-18-16-35(3)17-19-36)15-7-8-22-20-27(30(38)37(6-2)29(22)34-31)26-14-13-25(21-28(26)32)41(4,39)40;1-4-33-25-19(17-23(26(33)34)22-7-5-6-8-24(22)37(3,35)36)18-28-27(30-25)29-20-9-11-21(12-10-20)32-15-13-31(2)14-16-32;;/h7-15,20-21,33H,5-6,16-19H2,1-4H3;5-12,17-18H,4,13-16H2,1-3H3,(H,28,29,30);2*1H. The number of aromatic nitrogens is 4. The number of piperazine rings is 2. The third-order valence-corrected chi connectivity index (χ3v) is 16.8. The molecule has 0 saturated carbocycles. The minimum Gasteiger partial charge on any atom is -0.369 e. The Balaban J connectivity index is 0.000000227. The fourth-order valence-electron chi connectivity index (χ4n) is 9.99. The highest BCUT2D eigenvalue weighted by Gasteiger charge is 2.27. The molecule has 1 atom stereocenters. The van der Waals surface area contributed by atoms with Gasteiger partial charge in [-0.25, -0.2) is 31.2 Å². The van der Waals surface area contributed by atoms with Gasteiger partial charge in [-0.05, 0) is 125 Å². The van der Waals surface area contributed by atoms with Crippen LogP contribution >= 0.6 is 0 Å². The molecule has 0 spiro atoms. The predicted molar refractivity (Wildman–Crippen MR) is 314 cm³/mol. The van der Waals surface area contributed by atoms with Gasteiger partial charge in [-0.3, -0.25) is 18.7 Å². The Kier molecular flexibility index (Phi) is 16.2. The van der Waals surface area contributed by atoms with Gasteiger partial charge in [0.05, 0.1) is 15.4 Å². The van der Waals surface area contributed by atoms with Gasteiger partial charge in [-0.2, -0.15) is 4.98 Å². The molecule has 2 fully saturated rings. The first-order chi connectivity index (χ1) is 37.3. The zero-order chi connectivity index (χ0) is 55.5. The summed E-state index contributed by atoms with van der Waals surface area (Å²) in [4.78, 5) is 50.7. The van der Waals surface area contributed by atoms with Crippen molar-refractivity contribution >= 4 is 65.5 Å². The molecule has 78 heavy (non-hydrogen) atoms. The molecular weight excluding hydrogens is 1030 g/mol. The highest BCUT2D eigenvalue weighted by Crippen LogP contribution is 2.30. The minimum atomic E-state index is -3.58. The Labute approximate surface area is 457 Å². The van der Waals surface area contributed by atoms with E-state index in [1.807, 2.05) is 51.1 Å². The Hall–Kier alpha value is -7.52. The van der Waals surface area contributed by atoms with E-state index in [0.717, 1.165) is 82.3 Å². The maximum absolute atomic E-state index is 15.1. The summed E-state index contributed by atoms with van der Waals surface area (Å²) in [5, 5.41) is 8.13. The number of anilines is 5. The number of hydrogen-bond donors (Lipinski definition) is 2. The average Bonchev–Trinajstić information content (AvgIpc) is 3.81. The van der Waals surface area contributed by atoms with Crippen molar-refractivity contribution in [1.29, 1.82) is 0 Å². The third-order valence-electron chi connectivity index (χ3n) is 14.6. The summed E-state index contributed by atoms with van der Waals surface area (Å²) in [5.41, 5.74) is 4.51. The molecule has 4 aromatic carbocycles. The van der Waals surface area contributed by atoms with E-state index in [-0.39, 0.29) is 29.3 Å². The van der Waals surface area contributed by atoms with E-state index in [2.05, 4.69) is 90.7 Å². The lowest BCUT2D eigenvalue weighted by Gasteiger charge is -2.34. The van der Waals surface area contributed by atoms with Gasteiger partial charge in [0.25, 0.3) is 11.1 Å². The Morgan fingerprint density at radius 1 is 0.654 bits per heavy atom. The van der Waals surface area contributed by atoms with Crippen LogP contribution in [0.5, 0.6) is 0 Å². The van der Waals surface area contributed by atoms with Crippen molar-refractivity contribution in [1.82, 2.24) is 28.9 Å². The minimum absolute atomic E-state index is 0. The number of halogens is 1. The highest BCUT2D eigenvalue weighted by atomic mass is 32.2. The van der Waals surface area contributed by atoms with E-state index < -0.39 is 36.7 Å². The number of aryl methyl sites for hydroxylation is 1. The number of allylic oxidation sites excluding steroid dienone is 1. The van der Waals surface area contributed by atoms with Gasteiger partial charge in [-0.1, -0.05) is 37.3 Å². The van der Waals surface area contributed by atoms with Gasteiger partial charge >= 0.3 is 0 Å². The molecule has 2 N–H and O–H groups in total. The summed E-state index contributed by atoms with van der Waals surface area (Å²) in [5.74, 6) is -0.385. The highest BCUT2D eigenvalue weighted by molar-refractivity contribution is 7.91. The largest absolute Gasteiger partial charge is 0.369 e. The number of pyridine rings is 2. The molecule has 17 nitrogen and oxygen atoms in total. The van der Waals surface area contributed by atoms with Crippen molar-refractivity contribution in [3.8, 4) is 22.3 Å². The molecule has 3 aliphatic rings. The Bertz CT molecular complexity index is 3910. The molecule has 20 heteroatoms. The monoisotopic (exact) mass is 1100 g/mol. The lowest BCUT2D eigenvalue weighted by Crippen LogP contribution is -2.47. The van der Waals surface area contributed by atoms with Gasteiger partial charge < -0.3 is 30.2 Å². The van der Waals surface area contributed by atoms with Crippen molar-refractivity contribution in [3.05, 3.63) is 159 Å². The van der Waals surface area contributed by atoms with Gasteiger partial charge in [0.2, 0.25) is 5.95 Å². The Morgan fingerprint density at radius 3 is 1.79 bits per heavy atom. The van der Waals surface area contributed by atoms with Crippen LogP contribution in [0, 0.1) is 5.82 Å². The van der Waals surface area contributed by atoms with Crippen molar-refractivity contribution < 1.29 is 24.1 Å². The van der Waals surface area contributed by atoms with Crippen LogP contribution in [0.2, 0.25) is 0 Å². The summed E-state index contributed by atoms with van der Waals surface area (Å²) in [6.07, 6.45) is 10.2. The third kappa shape index (κ3) is 12.0. The molecule has 6 heterocycles. The van der Waals surface area contributed by atoms with Crippen LogP contribution in [-0.4, -0.2) is 130 Å². The molecule has 3 aromatic heterocycles.